The van der Waals surface area contributed by atoms with Crippen LogP contribution < -0.4 is 10.6 Å². The Morgan fingerprint density at radius 3 is 2.90 bits per heavy atom. The van der Waals surface area contributed by atoms with Crippen molar-refractivity contribution in [2.45, 2.75) is 50.9 Å². The molecule has 7 nitrogen and oxygen atoms in total. The second-order valence-electron chi connectivity index (χ2n) is 8.19. The molecule has 0 radical (unpaired) electrons. The molecule has 0 bridgehead atoms. The zero-order valence-electron chi connectivity index (χ0n) is 17.4. The van der Waals surface area contributed by atoms with E-state index in [9.17, 15) is 9.90 Å². The molecule has 3 N–H and O–H groups in total. The summed E-state index contributed by atoms with van der Waals surface area (Å²) in [5.41, 5.74) is 2.11. The molecule has 1 aromatic heterocycles. The van der Waals surface area contributed by atoms with Crippen molar-refractivity contribution in [2.75, 3.05) is 33.4 Å². The number of methoxy groups -OCH3 is 1. The summed E-state index contributed by atoms with van der Waals surface area (Å²) < 4.78 is 7.24. The van der Waals surface area contributed by atoms with Gasteiger partial charge < -0.3 is 29.9 Å². The Morgan fingerprint density at radius 1 is 1.38 bits per heavy atom. The van der Waals surface area contributed by atoms with Crippen LogP contribution >= 0.6 is 0 Å². The summed E-state index contributed by atoms with van der Waals surface area (Å²) in [5, 5.41) is 17.8. The number of benzene rings is 1. The number of fused-ring (bicyclic) bond motifs is 1. The van der Waals surface area contributed by atoms with Crippen LogP contribution in [0.4, 0.5) is 0 Å². The number of amides is 1. The summed E-state index contributed by atoms with van der Waals surface area (Å²) in [5.74, 6) is 0.481. The van der Waals surface area contributed by atoms with Crippen LogP contribution in [0.15, 0.2) is 24.4 Å². The molecular formula is C22H32N4O3. The Morgan fingerprint density at radius 2 is 2.21 bits per heavy atom. The molecule has 158 valence electrons. The predicted molar refractivity (Wildman–Crippen MR) is 113 cm³/mol. The number of piperazine rings is 1. The Labute approximate surface area is 172 Å². The van der Waals surface area contributed by atoms with E-state index in [0.29, 0.717) is 24.9 Å². The molecule has 1 saturated heterocycles. The molecule has 29 heavy (non-hydrogen) atoms. The van der Waals surface area contributed by atoms with Gasteiger partial charge in [0.15, 0.2) is 0 Å². The number of nitrogens with zero attached hydrogens (tertiary/aromatic N) is 2. The number of ether oxygens (including phenoxy) is 1. The number of rotatable bonds is 8. The van der Waals surface area contributed by atoms with Crippen LogP contribution in [0.3, 0.4) is 0 Å². The molecule has 1 aliphatic carbocycles. The third-order valence-electron chi connectivity index (χ3n) is 6.07. The molecular weight excluding hydrogens is 368 g/mol. The Hall–Kier alpha value is -2.09. The topological polar surface area (TPSA) is 78.8 Å². The maximum absolute atomic E-state index is 13.3. The van der Waals surface area contributed by atoms with E-state index in [0.717, 1.165) is 55.4 Å². The highest BCUT2D eigenvalue weighted by Crippen LogP contribution is 2.37. The summed E-state index contributed by atoms with van der Waals surface area (Å²) in [6, 6.07) is 6.31. The lowest BCUT2D eigenvalue weighted by atomic mass is 10.0. The summed E-state index contributed by atoms with van der Waals surface area (Å²) in [6.45, 7) is 6.00. The van der Waals surface area contributed by atoms with Crippen molar-refractivity contribution in [1.29, 1.82) is 0 Å². The van der Waals surface area contributed by atoms with E-state index in [1.807, 2.05) is 12.1 Å². The number of hydrogen-bond acceptors (Lipinski definition) is 5. The minimum atomic E-state index is -0.155. The second kappa shape index (κ2) is 8.73. The highest BCUT2D eigenvalue weighted by Gasteiger charge is 2.39. The van der Waals surface area contributed by atoms with Gasteiger partial charge in [-0.05, 0) is 43.9 Å². The first-order chi connectivity index (χ1) is 14.1. The van der Waals surface area contributed by atoms with E-state index < -0.39 is 0 Å². The molecule has 2 heterocycles. The standard InChI is InChI=1S/C22H32N4O3/c1-15(26(17-5-6-17)22(28)19-13-23-8-9-24-19)16-4-7-18-20(12-16)25(14-21(18)27)10-3-11-29-2/h4,7,12,14-15,17,19,23-24,27H,3,5-6,8-11,13H2,1-2H3/t15-,19+/m0/s1. The van der Waals surface area contributed by atoms with Crippen molar-refractivity contribution in [3.8, 4) is 5.75 Å². The van der Waals surface area contributed by atoms with Crippen molar-refractivity contribution >= 4 is 16.8 Å². The molecule has 1 aliphatic heterocycles. The lowest BCUT2D eigenvalue weighted by Gasteiger charge is -2.35. The van der Waals surface area contributed by atoms with Crippen LogP contribution in [0.25, 0.3) is 10.9 Å². The molecule has 2 aliphatic rings. The second-order valence-corrected chi connectivity index (χ2v) is 8.19. The lowest BCUT2D eigenvalue weighted by molar-refractivity contribution is -0.136. The number of aromatic nitrogens is 1. The number of hydrogen-bond donors (Lipinski definition) is 3. The van der Waals surface area contributed by atoms with Gasteiger partial charge in [0.2, 0.25) is 5.91 Å². The number of nitrogens with one attached hydrogen (secondary N) is 2. The van der Waals surface area contributed by atoms with Gasteiger partial charge in [0.05, 0.1) is 17.6 Å². The molecule has 1 amide bonds. The molecule has 0 unspecified atom stereocenters. The van der Waals surface area contributed by atoms with Gasteiger partial charge in [-0.25, -0.2) is 0 Å². The maximum Gasteiger partial charge on any atom is 0.241 e. The third-order valence-corrected chi connectivity index (χ3v) is 6.07. The van der Waals surface area contributed by atoms with Gasteiger partial charge in [-0.3, -0.25) is 4.79 Å². The van der Waals surface area contributed by atoms with Crippen LogP contribution in [0, 0.1) is 0 Å². The number of carbonyl (C=O) groups is 1. The Bertz CT molecular complexity index is 855. The quantitative estimate of drug-likeness (QED) is 0.591. The normalized spacial score (nSPS) is 20.7. The first-order valence-electron chi connectivity index (χ1n) is 10.7. The van der Waals surface area contributed by atoms with Gasteiger partial charge in [-0.1, -0.05) is 6.07 Å². The molecule has 1 aromatic carbocycles. The van der Waals surface area contributed by atoms with Crippen molar-refractivity contribution in [3.05, 3.63) is 30.0 Å². The first kappa shape index (κ1) is 20.2. The molecule has 1 saturated carbocycles. The van der Waals surface area contributed by atoms with Crippen LogP contribution in [0.2, 0.25) is 0 Å². The number of aromatic hydroxyl groups is 1. The third kappa shape index (κ3) is 4.27. The molecule has 2 atom stereocenters. The number of aryl methyl sites for hydroxylation is 1. The van der Waals surface area contributed by atoms with Gasteiger partial charge in [0.1, 0.15) is 5.75 Å². The highest BCUT2D eigenvalue weighted by atomic mass is 16.5. The van der Waals surface area contributed by atoms with Crippen LogP contribution in [0.5, 0.6) is 5.75 Å². The summed E-state index contributed by atoms with van der Waals surface area (Å²) in [7, 11) is 1.70. The summed E-state index contributed by atoms with van der Waals surface area (Å²) in [4.78, 5) is 15.3. The van der Waals surface area contributed by atoms with Crippen LogP contribution in [-0.4, -0.2) is 65.9 Å². The predicted octanol–water partition coefficient (Wildman–Crippen LogP) is 2.00. The lowest BCUT2D eigenvalue weighted by Crippen LogP contribution is -2.57. The van der Waals surface area contributed by atoms with Gasteiger partial charge in [0.25, 0.3) is 0 Å². The fourth-order valence-electron chi connectivity index (χ4n) is 4.32. The molecule has 2 fully saturated rings. The molecule has 7 heteroatoms. The zero-order valence-corrected chi connectivity index (χ0v) is 17.4. The minimum absolute atomic E-state index is 0.00686. The summed E-state index contributed by atoms with van der Waals surface area (Å²) in [6.07, 6.45) is 4.82. The van der Waals surface area contributed by atoms with E-state index >= 15 is 0 Å². The SMILES string of the molecule is COCCCn1cc(O)c2ccc([C@H](C)N(C(=O)[C@H]3CNCCN3)C3CC3)cc21. The zero-order chi connectivity index (χ0) is 20.4. The fraction of sp³-hybridized carbons (Fsp3) is 0.591. The van der Waals surface area contributed by atoms with Gasteiger partial charge >= 0.3 is 0 Å². The molecule has 2 aromatic rings. The highest BCUT2D eigenvalue weighted by molar-refractivity contribution is 5.88. The van der Waals surface area contributed by atoms with Crippen LogP contribution in [-0.2, 0) is 16.1 Å². The van der Waals surface area contributed by atoms with Crippen molar-refractivity contribution < 1.29 is 14.6 Å². The van der Waals surface area contributed by atoms with Gasteiger partial charge in [-0.2, -0.15) is 0 Å². The van der Waals surface area contributed by atoms with Gasteiger partial charge in [-0.15, -0.1) is 0 Å². The summed E-state index contributed by atoms with van der Waals surface area (Å²) >= 11 is 0. The monoisotopic (exact) mass is 400 g/mol. The largest absolute Gasteiger partial charge is 0.506 e. The van der Waals surface area contributed by atoms with E-state index in [1.165, 1.54) is 0 Å². The van der Waals surface area contributed by atoms with Crippen molar-refractivity contribution in [2.24, 2.45) is 0 Å². The minimum Gasteiger partial charge on any atom is -0.506 e. The van der Waals surface area contributed by atoms with E-state index in [1.54, 1.807) is 13.3 Å². The van der Waals surface area contributed by atoms with E-state index in [2.05, 4.69) is 33.1 Å². The maximum atomic E-state index is 13.3. The average Bonchev–Trinajstić information content (AvgIpc) is 3.53. The van der Waals surface area contributed by atoms with Crippen molar-refractivity contribution in [1.82, 2.24) is 20.1 Å². The Kier molecular flexibility index (Phi) is 6.08. The van der Waals surface area contributed by atoms with Crippen molar-refractivity contribution in [3.63, 3.8) is 0 Å². The molecule has 0 spiro atoms. The molecule has 4 rings (SSSR count). The smallest absolute Gasteiger partial charge is 0.241 e. The Balaban J connectivity index is 1.59. The van der Waals surface area contributed by atoms with E-state index in [-0.39, 0.29) is 18.0 Å². The number of carbonyl (C=O) groups excluding carboxylic acids is 1. The van der Waals surface area contributed by atoms with Crippen LogP contribution in [0.1, 0.15) is 37.8 Å². The fourth-order valence-corrected chi connectivity index (χ4v) is 4.32. The average molecular weight is 401 g/mol. The van der Waals surface area contributed by atoms with E-state index in [4.69, 9.17) is 4.74 Å². The first-order valence-corrected chi connectivity index (χ1v) is 10.7. The van der Waals surface area contributed by atoms with Gasteiger partial charge in [0, 0.05) is 57.5 Å².